The largest absolute Gasteiger partial charge is 0.455 e. The molecule has 692 valence electrons. The van der Waals surface area contributed by atoms with Crippen LogP contribution in [0.4, 0.5) is 0 Å². The molecular weight excluding hydrogens is 1820 g/mol. The molecule has 0 unspecified atom stereocenters. The maximum absolute atomic E-state index is 9.43. The van der Waals surface area contributed by atoms with Gasteiger partial charge in [0.2, 0.25) is 0 Å². The molecule has 0 saturated carbocycles. The van der Waals surface area contributed by atoms with Crippen LogP contribution in [0.5, 0.6) is 0 Å². The highest BCUT2D eigenvalue weighted by Crippen LogP contribution is 2.49. The second kappa shape index (κ2) is 37.9. The van der Waals surface area contributed by atoms with Crippen molar-refractivity contribution in [3.05, 3.63) is 502 Å². The third kappa shape index (κ3) is 16.5. The van der Waals surface area contributed by atoms with Gasteiger partial charge in [0.15, 0.2) is 23.3 Å². The summed E-state index contributed by atoms with van der Waals surface area (Å²) in [7, 11) is 0. The fourth-order valence-corrected chi connectivity index (χ4v) is 20.7. The predicted octanol–water partition coefficient (Wildman–Crippen LogP) is 35.2. The number of fused-ring (bicyclic) bond motifs is 18. The molecular formula is C136H80N10O3. The van der Waals surface area contributed by atoms with E-state index in [1.165, 1.54) is 0 Å². The highest BCUT2D eigenvalue weighted by Gasteiger charge is 2.26. The molecule has 7 heterocycles. The van der Waals surface area contributed by atoms with Gasteiger partial charge >= 0.3 is 0 Å². The van der Waals surface area contributed by atoms with Crippen molar-refractivity contribution in [1.82, 2.24) is 34.9 Å². The van der Waals surface area contributed by atoms with Crippen molar-refractivity contribution in [2.45, 2.75) is 0 Å². The van der Waals surface area contributed by atoms with Gasteiger partial charge in [-0.2, -0.15) is 15.8 Å². The lowest BCUT2D eigenvalue weighted by atomic mass is 9.92. The second-order valence-corrected chi connectivity index (χ2v) is 36.9. The Balaban J connectivity index is 0.000000113. The molecule has 0 N–H and O–H groups in total. The number of furan rings is 3. The lowest BCUT2D eigenvalue weighted by Gasteiger charge is -2.11. The number of aromatic nitrogens is 7. The molecule has 0 aliphatic heterocycles. The van der Waals surface area contributed by atoms with E-state index in [0.29, 0.717) is 40.0 Å². The molecule has 0 bridgehead atoms. The molecule has 13 heteroatoms. The molecule has 0 aliphatic rings. The summed E-state index contributed by atoms with van der Waals surface area (Å²) >= 11 is 0. The first-order valence-electron chi connectivity index (χ1n) is 49.3. The Morgan fingerprint density at radius 3 is 0.846 bits per heavy atom. The monoisotopic (exact) mass is 1900 g/mol. The lowest BCUT2D eigenvalue weighted by molar-refractivity contribution is 0.672. The quantitative estimate of drug-likeness (QED) is 0.0932. The van der Waals surface area contributed by atoms with Gasteiger partial charge in [0.05, 0.1) is 68.7 Å². The van der Waals surface area contributed by atoms with Gasteiger partial charge in [0.25, 0.3) is 0 Å². The van der Waals surface area contributed by atoms with Crippen LogP contribution in [-0.2, 0) is 0 Å². The minimum absolute atomic E-state index is 0.616. The van der Waals surface area contributed by atoms with Crippen molar-refractivity contribution in [3.63, 3.8) is 0 Å². The fraction of sp³-hybridized carbons (Fsp3) is 0. The van der Waals surface area contributed by atoms with Gasteiger partial charge in [-0.1, -0.05) is 382 Å². The zero-order chi connectivity index (χ0) is 99.4. The second-order valence-electron chi connectivity index (χ2n) is 36.9. The number of hydrogen-bond acceptors (Lipinski definition) is 13. The zero-order valence-electron chi connectivity index (χ0n) is 79.9. The fourth-order valence-electron chi connectivity index (χ4n) is 20.7. The normalized spacial score (nSPS) is 11.3. The highest BCUT2D eigenvalue weighted by molar-refractivity contribution is 6.26. The molecule has 149 heavy (non-hydrogen) atoms. The van der Waals surface area contributed by atoms with Crippen LogP contribution in [0.3, 0.4) is 0 Å². The van der Waals surface area contributed by atoms with Gasteiger partial charge in [-0.25, -0.2) is 34.9 Å². The van der Waals surface area contributed by atoms with Crippen LogP contribution in [0.15, 0.2) is 499 Å². The molecule has 28 rings (SSSR count). The third-order valence-electron chi connectivity index (χ3n) is 28.0. The summed E-state index contributed by atoms with van der Waals surface area (Å²) in [5, 5.41) is 43.0. The van der Waals surface area contributed by atoms with Crippen molar-refractivity contribution in [2.75, 3.05) is 0 Å². The van der Waals surface area contributed by atoms with Gasteiger partial charge in [0, 0.05) is 104 Å². The van der Waals surface area contributed by atoms with E-state index in [1.807, 2.05) is 231 Å². The van der Waals surface area contributed by atoms with Crippen molar-refractivity contribution in [1.29, 1.82) is 15.8 Å². The summed E-state index contributed by atoms with van der Waals surface area (Å²) in [4.78, 5) is 35.1. The van der Waals surface area contributed by atoms with E-state index in [1.54, 1.807) is 0 Å². The van der Waals surface area contributed by atoms with E-state index in [-0.39, 0.29) is 0 Å². The average molecular weight is 1900 g/mol. The molecule has 0 spiro atoms. The van der Waals surface area contributed by atoms with Gasteiger partial charge in [-0.05, 0) is 186 Å². The van der Waals surface area contributed by atoms with Crippen molar-refractivity contribution in [2.24, 2.45) is 0 Å². The van der Waals surface area contributed by atoms with Crippen LogP contribution in [0.2, 0.25) is 0 Å². The Labute approximate surface area is 855 Å². The standard InChI is InChI=1S/C50H30N4O.C45H27N3O.C41H23N3O/c51-31-32-24-26-33(27-25-32)43-30-44-46-40(22-11-23-45(46)55-47(44)42-21-8-7-20-41(42)43)38-18-9-16-36(28-38)37-17-10-19-39(29-37)50-53-48(34-12-3-1-4-13-34)52-49(54-50)35-14-5-2-6-15-35;46-28-29-18-20-31(21-19-29)38-26-39-43-35(16-9-17-42(43)49-44(39)37-15-8-7-14-36(37)38)30-22-24-33(25-23-30)41-27-40(32-10-3-1-4-11-32)47-45(48-41)34-12-5-2-6-13-34;42-24-25-13-15-26(16-14-25)33-23-34-38-32(11-6-12-37(38)45-41(34)31-10-5-4-9-30(31)33)36-22-20-29-18-17-28-19-21-35(27-7-2-1-3-8-27)43-39(28)40(29)44-36/h1-30H;1-27H;1-23H. The topological polar surface area (TPSA) is 201 Å². The molecule has 0 radical (unpaired) electrons. The van der Waals surface area contributed by atoms with Gasteiger partial charge in [-0.3, -0.25) is 0 Å². The van der Waals surface area contributed by atoms with Crippen LogP contribution in [0, 0.1) is 34.0 Å². The molecule has 13 nitrogen and oxygen atoms in total. The number of pyridine rings is 2. The van der Waals surface area contributed by atoms with Gasteiger partial charge in [0.1, 0.15) is 33.5 Å². The minimum Gasteiger partial charge on any atom is -0.455 e. The number of nitriles is 3. The first kappa shape index (κ1) is 88.4. The maximum atomic E-state index is 9.43. The summed E-state index contributed by atoms with van der Waals surface area (Å²) in [5.74, 6) is 2.58. The zero-order valence-corrected chi connectivity index (χ0v) is 79.9. The number of nitrogens with zero attached hydrogens (tertiary/aromatic N) is 10. The Morgan fingerprint density at radius 2 is 0.436 bits per heavy atom. The van der Waals surface area contributed by atoms with Crippen molar-refractivity contribution in [3.8, 4) is 176 Å². The SMILES string of the molecule is N#Cc1ccc(-c2cc3c(oc4cccc(-c5ccc(-c6cc(-c7ccccc7)nc(-c7ccccc7)n6)cc5)c43)c3ccccc23)cc1.N#Cc1ccc(-c2cc3c(oc4cccc(-c5ccc6ccc7ccc(-c8ccccc8)nc7c6n5)c43)c3ccccc23)cc1.N#Cc1ccc(-c2cc3c(oc4cccc(-c5cccc(-c6cccc(-c7nc(-c8ccccc8)nc(-c8ccccc8)n7)c6)c5)c43)c3ccccc23)cc1. The van der Waals surface area contributed by atoms with Crippen LogP contribution in [0.25, 0.3) is 277 Å². The van der Waals surface area contributed by atoms with E-state index in [2.05, 4.69) is 273 Å². The Kier molecular flexibility index (Phi) is 22.5. The van der Waals surface area contributed by atoms with E-state index in [9.17, 15) is 15.8 Å². The summed E-state index contributed by atoms with van der Waals surface area (Å²) < 4.78 is 19.8. The summed E-state index contributed by atoms with van der Waals surface area (Å²) in [6, 6.07) is 172. The van der Waals surface area contributed by atoms with E-state index >= 15 is 0 Å². The van der Waals surface area contributed by atoms with Crippen LogP contribution in [-0.4, -0.2) is 34.9 Å². The predicted molar refractivity (Wildman–Crippen MR) is 604 cm³/mol. The summed E-state index contributed by atoms with van der Waals surface area (Å²) in [5.41, 5.74) is 33.1. The number of benzene rings is 21. The molecule has 0 amide bonds. The molecule has 28 aromatic rings. The Morgan fingerprint density at radius 1 is 0.161 bits per heavy atom. The van der Waals surface area contributed by atoms with E-state index in [0.717, 1.165) is 254 Å². The first-order chi connectivity index (χ1) is 73.7. The molecule has 21 aromatic carbocycles. The van der Waals surface area contributed by atoms with E-state index in [4.69, 9.17) is 48.1 Å². The van der Waals surface area contributed by atoms with Crippen LogP contribution >= 0.6 is 0 Å². The maximum Gasteiger partial charge on any atom is 0.164 e. The highest BCUT2D eigenvalue weighted by atomic mass is 16.3. The average Bonchev–Trinajstić information content (AvgIpc) is 1.58. The van der Waals surface area contributed by atoms with Gasteiger partial charge < -0.3 is 13.3 Å². The Hall–Kier alpha value is -20.8. The molecule has 0 atom stereocenters. The van der Waals surface area contributed by atoms with E-state index < -0.39 is 0 Å². The lowest BCUT2D eigenvalue weighted by Crippen LogP contribution is -2.00. The summed E-state index contributed by atoms with van der Waals surface area (Å²) in [6.45, 7) is 0. The van der Waals surface area contributed by atoms with Crippen molar-refractivity contribution < 1.29 is 13.3 Å². The molecule has 0 saturated heterocycles. The first-order valence-corrected chi connectivity index (χ1v) is 49.3. The van der Waals surface area contributed by atoms with Crippen LogP contribution in [0.1, 0.15) is 16.7 Å². The number of hydrogen-bond donors (Lipinski definition) is 0. The Bertz CT molecular complexity index is 10200. The smallest absolute Gasteiger partial charge is 0.164 e. The van der Waals surface area contributed by atoms with Gasteiger partial charge in [-0.15, -0.1) is 0 Å². The molecule has 7 aromatic heterocycles. The third-order valence-corrected chi connectivity index (χ3v) is 28.0. The summed E-state index contributed by atoms with van der Waals surface area (Å²) in [6.07, 6.45) is 0. The molecule has 0 fully saturated rings. The minimum atomic E-state index is 0.616. The van der Waals surface area contributed by atoms with Crippen LogP contribution < -0.4 is 0 Å². The number of rotatable bonds is 14. The van der Waals surface area contributed by atoms with Crippen molar-refractivity contribution >= 4 is 120 Å². The molecule has 0 aliphatic carbocycles.